The molecule has 0 aromatic rings. The Morgan fingerprint density at radius 2 is 2.05 bits per heavy atom. The summed E-state index contributed by atoms with van der Waals surface area (Å²) in [4.78, 5) is 25.3. The maximum absolute atomic E-state index is 12.5. The predicted molar refractivity (Wildman–Crippen MR) is 78.6 cm³/mol. The van der Waals surface area contributed by atoms with E-state index >= 15 is 0 Å². The zero-order chi connectivity index (χ0) is 14.1. The number of amides is 1. The third kappa shape index (κ3) is 2.97. The standard InChI is InChI=1S/C15H23NO3S/c17-14(7-12-6-10-1-2-11(12)5-10)16-3-4-20-9-13(16)8-15(18)19/h10-13H,1-9H2,(H,18,19). The first kappa shape index (κ1) is 14.2. The highest BCUT2D eigenvalue weighted by Crippen LogP contribution is 2.49. The first-order valence-electron chi connectivity index (χ1n) is 7.72. The second-order valence-electron chi connectivity index (χ2n) is 6.55. The van der Waals surface area contributed by atoms with Gasteiger partial charge in [0.05, 0.1) is 12.5 Å². The molecule has 4 nitrogen and oxygen atoms in total. The van der Waals surface area contributed by atoms with Gasteiger partial charge in [0, 0.05) is 24.5 Å². The first-order chi connectivity index (χ1) is 9.63. The van der Waals surface area contributed by atoms with Crippen LogP contribution in [0.5, 0.6) is 0 Å². The zero-order valence-electron chi connectivity index (χ0n) is 11.8. The summed E-state index contributed by atoms with van der Waals surface area (Å²) in [7, 11) is 0. The van der Waals surface area contributed by atoms with Crippen molar-refractivity contribution in [3.05, 3.63) is 0 Å². The van der Waals surface area contributed by atoms with Gasteiger partial charge in [-0.05, 0) is 37.0 Å². The van der Waals surface area contributed by atoms with Crippen LogP contribution >= 0.6 is 11.8 Å². The lowest BCUT2D eigenvalue weighted by Gasteiger charge is -2.36. The van der Waals surface area contributed by atoms with Crippen LogP contribution in [0.4, 0.5) is 0 Å². The maximum atomic E-state index is 12.5. The van der Waals surface area contributed by atoms with E-state index in [1.54, 1.807) is 11.8 Å². The SMILES string of the molecule is O=C(O)CC1CSCCN1C(=O)CC1CC2CCC1C2. The first-order valence-corrected chi connectivity index (χ1v) is 8.88. The number of carboxylic acid groups (broad SMARTS) is 1. The van der Waals surface area contributed by atoms with E-state index in [4.69, 9.17) is 5.11 Å². The number of fused-ring (bicyclic) bond motifs is 2. The van der Waals surface area contributed by atoms with Gasteiger partial charge in [-0.2, -0.15) is 11.8 Å². The largest absolute Gasteiger partial charge is 0.481 e. The molecule has 0 radical (unpaired) electrons. The summed E-state index contributed by atoms with van der Waals surface area (Å²) in [5.41, 5.74) is 0. The third-order valence-corrected chi connectivity index (χ3v) is 6.37. The van der Waals surface area contributed by atoms with Gasteiger partial charge >= 0.3 is 5.97 Å². The average Bonchev–Trinajstić information content (AvgIpc) is 3.00. The summed E-state index contributed by atoms with van der Waals surface area (Å²) in [5.74, 6) is 3.32. The molecule has 1 aliphatic heterocycles. The smallest absolute Gasteiger partial charge is 0.305 e. The van der Waals surface area contributed by atoms with Crippen molar-refractivity contribution in [1.29, 1.82) is 0 Å². The Labute approximate surface area is 124 Å². The summed E-state index contributed by atoms with van der Waals surface area (Å²) >= 11 is 1.76. The van der Waals surface area contributed by atoms with E-state index in [0.29, 0.717) is 12.3 Å². The van der Waals surface area contributed by atoms with Gasteiger partial charge in [-0.15, -0.1) is 0 Å². The molecule has 112 valence electrons. The number of carboxylic acids is 1. The van der Waals surface area contributed by atoms with E-state index < -0.39 is 5.97 Å². The summed E-state index contributed by atoms with van der Waals surface area (Å²) in [6, 6.07) is -0.0997. The molecule has 1 saturated heterocycles. The third-order valence-electron chi connectivity index (χ3n) is 5.28. The Morgan fingerprint density at radius 1 is 1.20 bits per heavy atom. The number of rotatable bonds is 4. The van der Waals surface area contributed by atoms with Gasteiger partial charge in [0.15, 0.2) is 0 Å². The minimum atomic E-state index is -0.796. The number of hydrogen-bond donors (Lipinski definition) is 1. The van der Waals surface area contributed by atoms with Crippen molar-refractivity contribution in [2.75, 3.05) is 18.1 Å². The van der Waals surface area contributed by atoms with Crippen LogP contribution in [0.3, 0.4) is 0 Å². The molecule has 0 aromatic heterocycles. The molecule has 1 N–H and O–H groups in total. The lowest BCUT2D eigenvalue weighted by atomic mass is 9.86. The summed E-state index contributed by atoms with van der Waals surface area (Å²) in [6.07, 6.45) is 5.96. The van der Waals surface area contributed by atoms with Gasteiger partial charge < -0.3 is 10.0 Å². The minimum absolute atomic E-state index is 0.0927. The normalized spacial score (nSPS) is 36.3. The van der Waals surface area contributed by atoms with Crippen LogP contribution in [0.2, 0.25) is 0 Å². The molecule has 4 atom stereocenters. The van der Waals surface area contributed by atoms with Crippen molar-refractivity contribution in [3.8, 4) is 0 Å². The van der Waals surface area contributed by atoms with E-state index in [-0.39, 0.29) is 18.4 Å². The second-order valence-corrected chi connectivity index (χ2v) is 7.70. The molecule has 0 spiro atoms. The molecule has 1 amide bonds. The molecular formula is C15H23NO3S. The van der Waals surface area contributed by atoms with Gasteiger partial charge in [-0.1, -0.05) is 6.42 Å². The topological polar surface area (TPSA) is 57.6 Å². The molecule has 2 bridgehead atoms. The van der Waals surface area contributed by atoms with Crippen LogP contribution in [0.1, 0.15) is 38.5 Å². The van der Waals surface area contributed by atoms with E-state index in [2.05, 4.69) is 0 Å². The Morgan fingerprint density at radius 3 is 2.70 bits per heavy atom. The van der Waals surface area contributed by atoms with Crippen molar-refractivity contribution >= 4 is 23.6 Å². The molecular weight excluding hydrogens is 274 g/mol. The van der Waals surface area contributed by atoms with Gasteiger partial charge in [-0.25, -0.2) is 0 Å². The fourth-order valence-corrected chi connectivity index (χ4v) is 5.38. The van der Waals surface area contributed by atoms with Crippen LogP contribution in [0.25, 0.3) is 0 Å². The zero-order valence-corrected chi connectivity index (χ0v) is 12.6. The molecule has 5 heteroatoms. The van der Waals surface area contributed by atoms with Crippen molar-refractivity contribution in [2.24, 2.45) is 17.8 Å². The number of carbonyl (C=O) groups is 2. The monoisotopic (exact) mass is 297 g/mol. The molecule has 3 fully saturated rings. The summed E-state index contributed by atoms with van der Waals surface area (Å²) in [6.45, 7) is 0.724. The number of hydrogen-bond acceptors (Lipinski definition) is 3. The molecule has 20 heavy (non-hydrogen) atoms. The number of aliphatic carboxylic acids is 1. The van der Waals surface area contributed by atoms with Gasteiger partial charge in [0.2, 0.25) is 5.91 Å². The summed E-state index contributed by atoms with van der Waals surface area (Å²) < 4.78 is 0. The molecule has 4 unspecified atom stereocenters. The molecule has 3 rings (SSSR count). The van der Waals surface area contributed by atoms with Crippen molar-refractivity contribution in [1.82, 2.24) is 4.90 Å². The van der Waals surface area contributed by atoms with Gasteiger partial charge in [0.25, 0.3) is 0 Å². The van der Waals surface area contributed by atoms with Crippen molar-refractivity contribution < 1.29 is 14.7 Å². The highest BCUT2D eigenvalue weighted by atomic mass is 32.2. The van der Waals surface area contributed by atoms with Crippen molar-refractivity contribution in [2.45, 2.75) is 44.6 Å². The average molecular weight is 297 g/mol. The van der Waals surface area contributed by atoms with Gasteiger partial charge in [0.1, 0.15) is 0 Å². The van der Waals surface area contributed by atoms with E-state index in [1.165, 1.54) is 25.7 Å². The van der Waals surface area contributed by atoms with E-state index in [9.17, 15) is 9.59 Å². The Kier molecular flexibility index (Phi) is 4.24. The number of carbonyl (C=O) groups excluding carboxylic acids is 1. The van der Waals surface area contributed by atoms with Crippen molar-refractivity contribution in [3.63, 3.8) is 0 Å². The van der Waals surface area contributed by atoms with Gasteiger partial charge in [-0.3, -0.25) is 9.59 Å². The maximum Gasteiger partial charge on any atom is 0.305 e. The van der Waals surface area contributed by atoms with Crippen LogP contribution < -0.4 is 0 Å². The fraction of sp³-hybridized carbons (Fsp3) is 0.867. The lowest BCUT2D eigenvalue weighted by molar-refractivity contribution is -0.140. The lowest BCUT2D eigenvalue weighted by Crippen LogP contribution is -2.47. The Bertz CT molecular complexity index is 401. The molecule has 2 saturated carbocycles. The number of thioether (sulfide) groups is 1. The second kappa shape index (κ2) is 5.96. The quantitative estimate of drug-likeness (QED) is 0.864. The number of nitrogens with zero attached hydrogens (tertiary/aromatic N) is 1. The van der Waals surface area contributed by atoms with Crippen LogP contribution in [-0.4, -0.2) is 46.0 Å². The summed E-state index contributed by atoms with van der Waals surface area (Å²) in [5, 5.41) is 8.99. The molecule has 1 heterocycles. The highest BCUT2D eigenvalue weighted by Gasteiger charge is 2.41. The van der Waals surface area contributed by atoms with Crippen LogP contribution in [0.15, 0.2) is 0 Å². The minimum Gasteiger partial charge on any atom is -0.481 e. The molecule has 2 aliphatic carbocycles. The van der Waals surface area contributed by atoms with E-state index in [1.807, 2.05) is 4.90 Å². The fourth-order valence-electron chi connectivity index (χ4n) is 4.32. The predicted octanol–water partition coefficient (Wildman–Crippen LogP) is 2.23. The van der Waals surface area contributed by atoms with Crippen LogP contribution in [-0.2, 0) is 9.59 Å². The van der Waals surface area contributed by atoms with E-state index in [0.717, 1.165) is 29.9 Å². The highest BCUT2D eigenvalue weighted by molar-refractivity contribution is 7.99. The van der Waals surface area contributed by atoms with Crippen LogP contribution in [0, 0.1) is 17.8 Å². The Hall–Kier alpha value is -0.710. The molecule has 0 aromatic carbocycles. The Balaban J connectivity index is 1.58. The molecule has 3 aliphatic rings.